The van der Waals surface area contributed by atoms with Gasteiger partial charge >= 0.3 is 0 Å². The smallest absolute Gasteiger partial charge is 0.0466 e. The van der Waals surface area contributed by atoms with E-state index in [0.29, 0.717) is 0 Å². The van der Waals surface area contributed by atoms with Crippen molar-refractivity contribution in [3.8, 4) is 0 Å². The molecule has 2 nitrogen and oxygen atoms in total. The molecular formula is C32H78O2. The van der Waals surface area contributed by atoms with Gasteiger partial charge in [0, 0.05) is 26.4 Å². The highest BCUT2D eigenvalue weighted by molar-refractivity contribution is 4.50. The van der Waals surface area contributed by atoms with Gasteiger partial charge in [0.05, 0.1) is 0 Å². The Hall–Kier alpha value is -0.0800. The van der Waals surface area contributed by atoms with Crippen LogP contribution in [0.25, 0.3) is 0 Å². The van der Waals surface area contributed by atoms with E-state index in [1.807, 2.05) is 41.5 Å². The molecule has 0 amide bonds. The predicted octanol–water partition coefficient (Wildman–Crippen LogP) is 12.2. The predicted molar refractivity (Wildman–Crippen MR) is 166 cm³/mol. The molecule has 34 heavy (non-hydrogen) atoms. The van der Waals surface area contributed by atoms with Crippen LogP contribution in [0, 0.1) is 17.8 Å². The molecular weight excluding hydrogens is 416 g/mol. The first-order valence-corrected chi connectivity index (χ1v) is 14.9. The van der Waals surface area contributed by atoms with E-state index >= 15 is 0 Å². The van der Waals surface area contributed by atoms with Gasteiger partial charge in [0.1, 0.15) is 0 Å². The van der Waals surface area contributed by atoms with Gasteiger partial charge < -0.3 is 9.47 Å². The van der Waals surface area contributed by atoms with Crippen molar-refractivity contribution < 1.29 is 9.47 Å². The average Bonchev–Trinajstić information content (AvgIpc) is 3.59. The van der Waals surface area contributed by atoms with Crippen LogP contribution in [0.3, 0.4) is 0 Å². The molecule has 2 saturated heterocycles. The third kappa shape index (κ3) is 157. The summed E-state index contributed by atoms with van der Waals surface area (Å²) < 4.78 is 10.0. The molecule has 2 heteroatoms. The summed E-state index contributed by atoms with van der Waals surface area (Å²) in [5.41, 5.74) is 0. The number of rotatable bonds is 1. The molecule has 1 aliphatic carbocycles. The number of hydrogen-bond donors (Lipinski definition) is 0. The first kappa shape index (κ1) is 50.7. The van der Waals surface area contributed by atoms with E-state index in [2.05, 4.69) is 62.3 Å². The van der Waals surface area contributed by atoms with Crippen molar-refractivity contribution in [2.24, 2.45) is 17.8 Å². The standard InChI is InChI=1S/C5H10O.C5H12.C4H8O.2C4H10.C3H6.3C2H6.CH4/c1-2-4-6-5-3-1;1-4-5(2)3;1-2-4-5-3-1;2*1-4(2)3;1-2-3-1;3*1-2;/h1-5H2;5H,4H2,1-3H3;1-4H2;2*4H,1-3H3;1-3H2;3*1-2H3;1H4. The normalized spacial score (nSPS) is 13.9. The average molecular weight is 495 g/mol. The molecule has 0 spiro atoms. The van der Waals surface area contributed by atoms with Gasteiger partial charge in [0.15, 0.2) is 0 Å². The largest absolute Gasteiger partial charge is 0.381 e. The van der Waals surface area contributed by atoms with Gasteiger partial charge in [-0.2, -0.15) is 0 Å². The lowest BCUT2D eigenvalue weighted by Crippen LogP contribution is -2.03. The Bertz CT molecular complexity index is 182. The minimum absolute atomic E-state index is 0. The molecule has 1 saturated carbocycles. The monoisotopic (exact) mass is 495 g/mol. The highest BCUT2D eigenvalue weighted by Crippen LogP contribution is 2.14. The van der Waals surface area contributed by atoms with Crippen LogP contribution in [-0.4, -0.2) is 26.4 Å². The van der Waals surface area contributed by atoms with Gasteiger partial charge in [-0.05, 0) is 49.9 Å². The summed E-state index contributed by atoms with van der Waals surface area (Å²) in [6, 6.07) is 0. The zero-order chi connectivity index (χ0) is 27.3. The van der Waals surface area contributed by atoms with Crippen molar-refractivity contribution in [1.29, 1.82) is 0 Å². The Kier molecular flexibility index (Phi) is 87.5. The molecule has 0 aromatic heterocycles. The van der Waals surface area contributed by atoms with Crippen LogP contribution in [0.4, 0.5) is 0 Å². The number of ether oxygens (including phenoxy) is 2. The third-order valence-corrected chi connectivity index (χ3v) is 3.07. The SMILES string of the molecule is C.C1CC1.C1CCOC1.C1CCOCC1.CC.CC.CC.CC(C)C.CC(C)C.CCC(C)C. The van der Waals surface area contributed by atoms with E-state index in [9.17, 15) is 0 Å². The molecule has 0 aromatic carbocycles. The van der Waals surface area contributed by atoms with Gasteiger partial charge in [0.2, 0.25) is 0 Å². The molecule has 2 aliphatic heterocycles. The van der Waals surface area contributed by atoms with E-state index in [-0.39, 0.29) is 7.43 Å². The Morgan fingerprint density at radius 1 is 0.441 bits per heavy atom. The highest BCUT2D eigenvalue weighted by atomic mass is 16.5. The van der Waals surface area contributed by atoms with Crippen LogP contribution in [-0.2, 0) is 9.47 Å². The fraction of sp³-hybridized carbons (Fsp3) is 1.00. The zero-order valence-electron chi connectivity index (χ0n) is 26.7. The van der Waals surface area contributed by atoms with E-state index in [1.54, 1.807) is 0 Å². The second-order valence-corrected chi connectivity index (χ2v) is 9.32. The first-order valence-electron chi connectivity index (χ1n) is 14.9. The zero-order valence-corrected chi connectivity index (χ0v) is 26.7. The molecule has 0 aromatic rings. The van der Waals surface area contributed by atoms with Crippen LogP contribution in [0.5, 0.6) is 0 Å². The van der Waals surface area contributed by atoms with Crippen LogP contribution >= 0.6 is 0 Å². The van der Waals surface area contributed by atoms with Crippen molar-refractivity contribution >= 4 is 0 Å². The molecule has 3 rings (SSSR count). The third-order valence-electron chi connectivity index (χ3n) is 3.07. The van der Waals surface area contributed by atoms with Crippen LogP contribution < -0.4 is 0 Å². The van der Waals surface area contributed by atoms with Gasteiger partial charge in [-0.1, -0.05) is 137 Å². The summed E-state index contributed by atoms with van der Waals surface area (Å²) in [4.78, 5) is 0. The Morgan fingerprint density at radius 2 is 0.588 bits per heavy atom. The lowest BCUT2D eigenvalue weighted by molar-refractivity contribution is 0.0968. The van der Waals surface area contributed by atoms with Crippen LogP contribution in [0.1, 0.15) is 169 Å². The fourth-order valence-corrected chi connectivity index (χ4v) is 1.20. The summed E-state index contributed by atoms with van der Waals surface area (Å²) >= 11 is 0. The number of hydrogen-bond acceptors (Lipinski definition) is 2. The van der Waals surface area contributed by atoms with E-state index in [0.717, 1.165) is 44.2 Å². The maximum atomic E-state index is 5.07. The molecule has 3 fully saturated rings. The van der Waals surface area contributed by atoms with Crippen LogP contribution in [0.2, 0.25) is 0 Å². The highest BCUT2D eigenvalue weighted by Gasteiger charge is 1.95. The summed E-state index contributed by atoms with van der Waals surface area (Å²) in [6.45, 7) is 35.6. The summed E-state index contributed by atoms with van der Waals surface area (Å²) in [6.07, 6.45) is 12.3. The van der Waals surface area contributed by atoms with Crippen molar-refractivity contribution in [1.82, 2.24) is 0 Å². The van der Waals surface area contributed by atoms with Crippen molar-refractivity contribution in [3.05, 3.63) is 0 Å². The summed E-state index contributed by atoms with van der Waals surface area (Å²) in [5, 5.41) is 0. The molecule has 2 heterocycles. The van der Waals surface area contributed by atoms with Crippen molar-refractivity contribution in [2.75, 3.05) is 26.4 Å². The van der Waals surface area contributed by atoms with E-state index in [1.165, 1.54) is 57.8 Å². The van der Waals surface area contributed by atoms with E-state index in [4.69, 9.17) is 9.47 Å². The Labute approximate surface area is 222 Å². The summed E-state index contributed by atoms with van der Waals surface area (Å²) in [7, 11) is 0. The quantitative estimate of drug-likeness (QED) is 0.360. The molecule has 0 radical (unpaired) electrons. The molecule has 0 bridgehead atoms. The maximum absolute atomic E-state index is 5.07. The lowest BCUT2D eigenvalue weighted by Gasteiger charge is -2.08. The second-order valence-electron chi connectivity index (χ2n) is 9.32. The maximum Gasteiger partial charge on any atom is 0.0466 e. The van der Waals surface area contributed by atoms with Crippen LogP contribution in [0.15, 0.2) is 0 Å². The topological polar surface area (TPSA) is 18.5 Å². The molecule has 218 valence electrons. The van der Waals surface area contributed by atoms with Gasteiger partial charge in [-0.3, -0.25) is 0 Å². The first-order chi connectivity index (χ1) is 15.7. The summed E-state index contributed by atoms with van der Waals surface area (Å²) in [5.74, 6) is 2.55. The second kappa shape index (κ2) is 58.6. The molecule has 0 unspecified atom stereocenters. The Balaban J connectivity index is -0.0000000494. The van der Waals surface area contributed by atoms with Gasteiger partial charge in [-0.15, -0.1) is 0 Å². The van der Waals surface area contributed by atoms with Crippen molar-refractivity contribution in [2.45, 2.75) is 169 Å². The molecule has 0 N–H and O–H groups in total. The van der Waals surface area contributed by atoms with Gasteiger partial charge in [0.25, 0.3) is 0 Å². The Morgan fingerprint density at radius 3 is 0.647 bits per heavy atom. The lowest BCUT2D eigenvalue weighted by atomic mass is 10.2. The molecule has 3 aliphatic rings. The molecule has 0 atom stereocenters. The van der Waals surface area contributed by atoms with Crippen molar-refractivity contribution in [3.63, 3.8) is 0 Å². The van der Waals surface area contributed by atoms with E-state index < -0.39 is 0 Å². The minimum atomic E-state index is 0. The fourth-order valence-electron chi connectivity index (χ4n) is 1.20. The minimum Gasteiger partial charge on any atom is -0.381 e. The van der Waals surface area contributed by atoms with Gasteiger partial charge in [-0.25, -0.2) is 0 Å².